The van der Waals surface area contributed by atoms with Crippen molar-refractivity contribution in [2.45, 2.75) is 33.9 Å². The Kier molecular flexibility index (Phi) is 6.48. The predicted molar refractivity (Wildman–Crippen MR) is 117 cm³/mol. The summed E-state index contributed by atoms with van der Waals surface area (Å²) in [5, 5.41) is 2.51. The Morgan fingerprint density at radius 1 is 1.13 bits per heavy atom. The van der Waals surface area contributed by atoms with E-state index in [4.69, 9.17) is 4.74 Å². The molecule has 2 aromatic rings. The van der Waals surface area contributed by atoms with Gasteiger partial charge in [-0.3, -0.25) is 19.9 Å². The van der Waals surface area contributed by atoms with E-state index < -0.39 is 23.6 Å². The molecule has 2 amide bonds. The Hall–Kier alpha value is -3.55. The first-order valence-corrected chi connectivity index (χ1v) is 10.1. The summed E-state index contributed by atoms with van der Waals surface area (Å²) in [6, 6.07) is 12.6. The van der Waals surface area contributed by atoms with Crippen molar-refractivity contribution in [3.63, 3.8) is 0 Å². The number of alkyl carbamates (subject to hydrolysis) is 1. The highest BCUT2D eigenvalue weighted by atomic mass is 16.5. The Morgan fingerprint density at radius 3 is 2.48 bits per heavy atom. The number of benzene rings is 1. The number of para-hydroxylation sites is 1. The van der Waals surface area contributed by atoms with Gasteiger partial charge in [0.25, 0.3) is 5.91 Å². The summed E-state index contributed by atoms with van der Waals surface area (Å²) < 4.78 is 4.95. The number of hydrogen-bond donors (Lipinski definition) is 1. The Bertz CT molecular complexity index is 1010. The predicted octanol–water partition coefficient (Wildman–Crippen LogP) is 2.95. The molecule has 1 aromatic carbocycles. The van der Waals surface area contributed by atoms with E-state index in [1.807, 2.05) is 18.2 Å². The lowest BCUT2D eigenvalue weighted by Gasteiger charge is -2.27. The van der Waals surface area contributed by atoms with E-state index in [-0.39, 0.29) is 18.9 Å². The summed E-state index contributed by atoms with van der Waals surface area (Å²) >= 11 is 0. The van der Waals surface area contributed by atoms with Crippen LogP contribution in [0.15, 0.2) is 53.7 Å². The summed E-state index contributed by atoms with van der Waals surface area (Å²) in [5.41, 5.74) is 1.52. The van der Waals surface area contributed by atoms with Crippen LogP contribution < -0.4 is 10.2 Å². The van der Waals surface area contributed by atoms with Crippen molar-refractivity contribution in [3.05, 3.63) is 59.9 Å². The summed E-state index contributed by atoms with van der Waals surface area (Å²) in [5.74, 6) is -0.643. The summed E-state index contributed by atoms with van der Waals surface area (Å²) in [7, 11) is 0. The molecule has 31 heavy (non-hydrogen) atoms. The van der Waals surface area contributed by atoms with Crippen molar-refractivity contribution in [2.24, 2.45) is 10.4 Å². The van der Waals surface area contributed by atoms with Gasteiger partial charge >= 0.3 is 6.09 Å². The van der Waals surface area contributed by atoms with E-state index in [1.165, 1.54) is 4.90 Å². The number of benzodiazepines with no additional fused rings is 1. The minimum atomic E-state index is -1.27. The normalized spacial score (nSPS) is 16.1. The number of pyridine rings is 1. The van der Waals surface area contributed by atoms with Crippen molar-refractivity contribution < 1.29 is 19.1 Å². The highest BCUT2D eigenvalue weighted by Gasteiger charge is 2.36. The first-order valence-electron chi connectivity index (χ1n) is 10.1. The Balaban J connectivity index is 2.14. The minimum absolute atomic E-state index is 0.119. The highest BCUT2D eigenvalue weighted by molar-refractivity contribution is 6.20. The van der Waals surface area contributed by atoms with Crippen LogP contribution in [0.3, 0.4) is 0 Å². The largest absolute Gasteiger partial charge is 0.450 e. The number of nitrogens with zero attached hydrogens (tertiary/aromatic N) is 3. The Morgan fingerprint density at radius 2 is 1.84 bits per heavy atom. The van der Waals surface area contributed by atoms with E-state index in [0.29, 0.717) is 22.7 Å². The molecule has 0 saturated heterocycles. The van der Waals surface area contributed by atoms with Crippen molar-refractivity contribution in [3.8, 4) is 0 Å². The number of aliphatic imine (C=N–C) groups is 1. The molecule has 1 aromatic heterocycles. The molecule has 8 nitrogen and oxygen atoms in total. The lowest BCUT2D eigenvalue weighted by Crippen LogP contribution is -2.50. The zero-order valence-corrected chi connectivity index (χ0v) is 18.1. The van der Waals surface area contributed by atoms with E-state index in [0.717, 1.165) is 0 Å². The number of ether oxygens (including phenoxy) is 1. The van der Waals surface area contributed by atoms with Gasteiger partial charge < -0.3 is 9.64 Å². The zero-order valence-electron chi connectivity index (χ0n) is 18.1. The molecule has 1 atom stereocenters. The number of amides is 2. The molecule has 1 aliphatic rings. The molecule has 2 heterocycles. The molecular formula is C23H26N4O4. The first kappa shape index (κ1) is 22.1. The van der Waals surface area contributed by atoms with Gasteiger partial charge in [0.2, 0.25) is 6.17 Å². The summed E-state index contributed by atoms with van der Waals surface area (Å²) in [6.45, 7) is 7.07. The maximum Gasteiger partial charge on any atom is 0.409 e. The smallest absolute Gasteiger partial charge is 0.409 e. The zero-order chi connectivity index (χ0) is 22.6. The summed E-state index contributed by atoms with van der Waals surface area (Å²) in [6.07, 6.45) is -0.406. The van der Waals surface area contributed by atoms with Crippen LogP contribution in [0, 0.1) is 5.41 Å². The fourth-order valence-electron chi connectivity index (χ4n) is 3.06. The van der Waals surface area contributed by atoms with Gasteiger partial charge in [-0.25, -0.2) is 9.79 Å². The molecule has 1 unspecified atom stereocenters. The van der Waals surface area contributed by atoms with E-state index in [9.17, 15) is 14.4 Å². The average Bonchev–Trinajstić information content (AvgIpc) is 2.84. The fraction of sp³-hybridized carbons (Fsp3) is 0.348. The third kappa shape index (κ3) is 4.96. The number of nitrogens with one attached hydrogen (secondary N) is 1. The molecule has 0 bridgehead atoms. The monoisotopic (exact) mass is 422 g/mol. The van der Waals surface area contributed by atoms with E-state index in [1.54, 1.807) is 58.2 Å². The number of anilines is 1. The number of hydrogen-bond acceptors (Lipinski definition) is 6. The van der Waals surface area contributed by atoms with Gasteiger partial charge in [-0.15, -0.1) is 0 Å². The van der Waals surface area contributed by atoms with Gasteiger partial charge in [-0.2, -0.15) is 0 Å². The van der Waals surface area contributed by atoms with Crippen LogP contribution in [-0.4, -0.2) is 47.8 Å². The topological polar surface area (TPSA) is 101 Å². The average molecular weight is 422 g/mol. The van der Waals surface area contributed by atoms with Gasteiger partial charge in [-0.1, -0.05) is 45.0 Å². The lowest BCUT2D eigenvalue weighted by atomic mass is 9.90. The molecule has 8 heteroatoms. The van der Waals surface area contributed by atoms with Gasteiger partial charge in [0.05, 0.1) is 30.2 Å². The van der Waals surface area contributed by atoms with Crippen molar-refractivity contribution >= 4 is 29.2 Å². The maximum atomic E-state index is 13.5. The van der Waals surface area contributed by atoms with Crippen LogP contribution in [0.2, 0.25) is 0 Å². The number of aromatic nitrogens is 1. The molecule has 1 aliphatic heterocycles. The van der Waals surface area contributed by atoms with Gasteiger partial charge in [0.1, 0.15) is 0 Å². The summed E-state index contributed by atoms with van der Waals surface area (Å²) in [4.78, 5) is 48.7. The number of rotatable bonds is 5. The van der Waals surface area contributed by atoms with Gasteiger partial charge in [0, 0.05) is 17.2 Å². The number of carbonyl (C=O) groups is 3. The van der Waals surface area contributed by atoms with Gasteiger partial charge in [-0.05, 0) is 25.1 Å². The quantitative estimate of drug-likeness (QED) is 0.798. The standard InChI is InChI=1S/C23H26N4O4/c1-5-31-22(30)26-20-21(29)27(14-18(28)23(2,3)4)17-12-7-6-10-15(17)19(25-20)16-11-8-9-13-24-16/h6-13,20H,5,14H2,1-4H3,(H,26,30). The lowest BCUT2D eigenvalue weighted by molar-refractivity contribution is -0.127. The van der Waals surface area contributed by atoms with Crippen LogP contribution in [-0.2, 0) is 14.3 Å². The Labute approximate surface area is 181 Å². The van der Waals surface area contributed by atoms with E-state index >= 15 is 0 Å². The van der Waals surface area contributed by atoms with Crippen LogP contribution in [0.25, 0.3) is 0 Å². The minimum Gasteiger partial charge on any atom is -0.450 e. The molecule has 162 valence electrons. The number of ketones is 1. The van der Waals surface area contributed by atoms with Crippen LogP contribution in [0.4, 0.5) is 10.5 Å². The van der Waals surface area contributed by atoms with Gasteiger partial charge in [0.15, 0.2) is 5.78 Å². The maximum absolute atomic E-state index is 13.5. The van der Waals surface area contributed by atoms with E-state index in [2.05, 4.69) is 15.3 Å². The molecule has 0 saturated carbocycles. The molecule has 3 rings (SSSR count). The highest BCUT2D eigenvalue weighted by Crippen LogP contribution is 2.29. The first-order chi connectivity index (χ1) is 14.7. The van der Waals surface area contributed by atoms with Crippen LogP contribution in [0.5, 0.6) is 0 Å². The third-order valence-electron chi connectivity index (χ3n) is 4.78. The van der Waals surface area contributed by atoms with Crippen molar-refractivity contribution in [1.29, 1.82) is 0 Å². The van der Waals surface area contributed by atoms with Crippen molar-refractivity contribution in [1.82, 2.24) is 10.3 Å². The molecular weight excluding hydrogens is 396 g/mol. The number of fused-ring (bicyclic) bond motifs is 1. The molecule has 1 N–H and O–H groups in total. The molecule has 0 radical (unpaired) electrons. The number of carbonyl (C=O) groups excluding carboxylic acids is 3. The second-order valence-electron chi connectivity index (χ2n) is 8.07. The molecule has 0 spiro atoms. The third-order valence-corrected chi connectivity index (χ3v) is 4.78. The second-order valence-corrected chi connectivity index (χ2v) is 8.07. The molecule has 0 aliphatic carbocycles. The number of Topliss-reactive ketones (excluding diaryl/α,β-unsaturated/α-hetero) is 1. The van der Waals surface area contributed by atoms with Crippen molar-refractivity contribution in [2.75, 3.05) is 18.1 Å². The van der Waals surface area contributed by atoms with Crippen LogP contribution >= 0.6 is 0 Å². The molecule has 0 fully saturated rings. The van der Waals surface area contributed by atoms with Crippen LogP contribution in [0.1, 0.15) is 39.0 Å². The fourth-order valence-corrected chi connectivity index (χ4v) is 3.06. The second kappa shape index (κ2) is 9.07. The SMILES string of the molecule is CCOC(=O)NC1N=C(c2ccccn2)c2ccccc2N(CC(=O)C(C)(C)C)C1=O.